The first-order chi connectivity index (χ1) is 8.20. The number of halogens is 1. The van der Waals surface area contributed by atoms with E-state index in [1.54, 1.807) is 10.9 Å². The molecule has 0 amide bonds. The highest BCUT2D eigenvalue weighted by Gasteiger charge is 2.07. The molecule has 0 atom stereocenters. The number of anilines is 1. The maximum absolute atomic E-state index is 5.95. The molecule has 2 aromatic rings. The summed E-state index contributed by atoms with van der Waals surface area (Å²) in [4.78, 5) is 7.97. The van der Waals surface area contributed by atoms with Gasteiger partial charge in [-0.15, -0.1) is 10.2 Å². The summed E-state index contributed by atoms with van der Waals surface area (Å²) >= 11 is 5.95. The van der Waals surface area contributed by atoms with Gasteiger partial charge in [-0.25, -0.2) is 4.98 Å². The van der Waals surface area contributed by atoms with Gasteiger partial charge in [0.25, 0.3) is 0 Å². The van der Waals surface area contributed by atoms with Gasteiger partial charge in [0.2, 0.25) is 0 Å². The van der Waals surface area contributed by atoms with Gasteiger partial charge in [0.1, 0.15) is 11.3 Å². The van der Waals surface area contributed by atoms with Gasteiger partial charge in [-0.05, 0) is 0 Å². The third kappa shape index (κ3) is 2.62. The van der Waals surface area contributed by atoms with Crippen molar-refractivity contribution < 1.29 is 4.74 Å². The van der Waals surface area contributed by atoms with E-state index in [0.717, 1.165) is 5.82 Å². The first-order valence-electron chi connectivity index (χ1n) is 4.84. The van der Waals surface area contributed by atoms with Gasteiger partial charge >= 0.3 is 6.01 Å². The standard InChI is InChI=1S/C9H11ClN6O/c1-16-5-13-15-7(16)4-11-8-6(10)3-12-9(14-8)17-2/h3,5H,4H2,1-2H3,(H,11,12,14). The Hall–Kier alpha value is -1.89. The first kappa shape index (κ1) is 11.6. The molecule has 7 nitrogen and oxygen atoms in total. The van der Waals surface area contributed by atoms with Crippen molar-refractivity contribution in [3.63, 3.8) is 0 Å². The first-order valence-corrected chi connectivity index (χ1v) is 5.21. The molecule has 0 saturated heterocycles. The van der Waals surface area contributed by atoms with Crippen molar-refractivity contribution in [3.05, 3.63) is 23.4 Å². The molecule has 90 valence electrons. The van der Waals surface area contributed by atoms with Crippen molar-refractivity contribution in [1.29, 1.82) is 0 Å². The molecule has 2 rings (SSSR count). The number of hydrogen-bond donors (Lipinski definition) is 1. The number of rotatable bonds is 4. The number of nitrogens with zero attached hydrogens (tertiary/aromatic N) is 5. The summed E-state index contributed by atoms with van der Waals surface area (Å²) in [6.45, 7) is 0.469. The topological polar surface area (TPSA) is 77.8 Å². The average Bonchev–Trinajstić information content (AvgIpc) is 2.74. The van der Waals surface area contributed by atoms with Crippen LogP contribution >= 0.6 is 11.6 Å². The van der Waals surface area contributed by atoms with Crippen LogP contribution < -0.4 is 10.1 Å². The lowest BCUT2D eigenvalue weighted by Crippen LogP contribution is -2.08. The molecular formula is C9H11ClN6O. The molecule has 0 bridgehead atoms. The van der Waals surface area contributed by atoms with E-state index in [2.05, 4.69) is 25.5 Å². The van der Waals surface area contributed by atoms with Crippen LogP contribution in [0.25, 0.3) is 0 Å². The molecule has 0 aliphatic carbocycles. The summed E-state index contributed by atoms with van der Waals surface area (Å²) in [6.07, 6.45) is 3.10. The van der Waals surface area contributed by atoms with Crippen LogP contribution in [-0.4, -0.2) is 31.8 Å². The minimum Gasteiger partial charge on any atom is -0.467 e. The zero-order chi connectivity index (χ0) is 12.3. The van der Waals surface area contributed by atoms with Crippen LogP contribution in [0.5, 0.6) is 6.01 Å². The Morgan fingerprint density at radius 3 is 3.00 bits per heavy atom. The lowest BCUT2D eigenvalue weighted by atomic mass is 10.5. The zero-order valence-corrected chi connectivity index (χ0v) is 10.1. The molecule has 0 unspecified atom stereocenters. The Bertz CT molecular complexity index is 514. The van der Waals surface area contributed by atoms with E-state index in [1.807, 2.05) is 7.05 Å². The molecule has 2 heterocycles. The summed E-state index contributed by atoms with van der Waals surface area (Å²) in [5.74, 6) is 1.28. The van der Waals surface area contributed by atoms with Gasteiger partial charge in [-0.2, -0.15) is 4.98 Å². The fourth-order valence-corrected chi connectivity index (χ4v) is 1.36. The van der Waals surface area contributed by atoms with E-state index in [4.69, 9.17) is 16.3 Å². The summed E-state index contributed by atoms with van der Waals surface area (Å²) in [7, 11) is 3.36. The fourth-order valence-electron chi connectivity index (χ4n) is 1.20. The molecule has 0 aromatic carbocycles. The molecule has 0 fully saturated rings. The molecular weight excluding hydrogens is 244 g/mol. The Morgan fingerprint density at radius 1 is 1.53 bits per heavy atom. The predicted molar refractivity (Wildman–Crippen MR) is 61.9 cm³/mol. The van der Waals surface area contributed by atoms with E-state index in [-0.39, 0.29) is 6.01 Å². The second-order valence-corrected chi connectivity index (χ2v) is 3.67. The third-order valence-corrected chi connectivity index (χ3v) is 2.40. The lowest BCUT2D eigenvalue weighted by Gasteiger charge is -2.07. The smallest absolute Gasteiger partial charge is 0.318 e. The van der Waals surface area contributed by atoms with Crippen LogP contribution in [0.15, 0.2) is 12.5 Å². The number of nitrogens with one attached hydrogen (secondary N) is 1. The highest BCUT2D eigenvalue weighted by molar-refractivity contribution is 6.32. The molecule has 0 spiro atoms. The molecule has 0 saturated carbocycles. The summed E-state index contributed by atoms with van der Waals surface area (Å²) in [5.41, 5.74) is 0. The van der Waals surface area contributed by atoms with Gasteiger partial charge in [0.05, 0.1) is 19.9 Å². The van der Waals surface area contributed by atoms with Crippen molar-refractivity contribution >= 4 is 17.4 Å². The van der Waals surface area contributed by atoms with Crippen molar-refractivity contribution in [2.24, 2.45) is 7.05 Å². The number of aromatic nitrogens is 5. The van der Waals surface area contributed by atoms with Crippen molar-refractivity contribution in [2.75, 3.05) is 12.4 Å². The number of ether oxygens (including phenoxy) is 1. The summed E-state index contributed by atoms with van der Waals surface area (Å²) in [5, 5.41) is 11.2. The maximum Gasteiger partial charge on any atom is 0.318 e. The fraction of sp³-hybridized carbons (Fsp3) is 0.333. The second-order valence-electron chi connectivity index (χ2n) is 3.26. The quantitative estimate of drug-likeness (QED) is 0.873. The Morgan fingerprint density at radius 2 is 2.35 bits per heavy atom. The van der Waals surface area contributed by atoms with Crippen molar-refractivity contribution in [1.82, 2.24) is 24.7 Å². The highest BCUT2D eigenvalue weighted by Crippen LogP contribution is 2.20. The van der Waals surface area contributed by atoms with Crippen LogP contribution in [0.1, 0.15) is 5.82 Å². The molecule has 0 radical (unpaired) electrons. The summed E-state index contributed by atoms with van der Waals surface area (Å²) in [6, 6.07) is 0.259. The minimum absolute atomic E-state index is 0.259. The second kappa shape index (κ2) is 4.96. The molecule has 17 heavy (non-hydrogen) atoms. The largest absolute Gasteiger partial charge is 0.467 e. The maximum atomic E-state index is 5.95. The number of hydrogen-bond acceptors (Lipinski definition) is 6. The highest BCUT2D eigenvalue weighted by atomic mass is 35.5. The van der Waals surface area contributed by atoms with Crippen LogP contribution in [-0.2, 0) is 13.6 Å². The lowest BCUT2D eigenvalue weighted by molar-refractivity contribution is 0.380. The molecule has 2 aromatic heterocycles. The normalized spacial score (nSPS) is 10.3. The van der Waals surface area contributed by atoms with E-state index in [9.17, 15) is 0 Å². The molecule has 8 heteroatoms. The van der Waals surface area contributed by atoms with Crippen LogP contribution in [0.3, 0.4) is 0 Å². The average molecular weight is 255 g/mol. The van der Waals surface area contributed by atoms with Crippen molar-refractivity contribution in [3.8, 4) is 6.01 Å². The van der Waals surface area contributed by atoms with Gasteiger partial charge in [0, 0.05) is 7.05 Å². The molecule has 0 aliphatic heterocycles. The Labute approximate surface area is 103 Å². The zero-order valence-electron chi connectivity index (χ0n) is 9.38. The van der Waals surface area contributed by atoms with E-state index < -0.39 is 0 Å². The van der Waals surface area contributed by atoms with Gasteiger partial charge in [-0.1, -0.05) is 11.6 Å². The monoisotopic (exact) mass is 254 g/mol. The van der Waals surface area contributed by atoms with Crippen LogP contribution in [0.2, 0.25) is 5.02 Å². The predicted octanol–water partition coefficient (Wildman–Crippen LogP) is 0.879. The minimum atomic E-state index is 0.259. The molecule has 1 N–H and O–H groups in total. The summed E-state index contributed by atoms with van der Waals surface area (Å²) < 4.78 is 6.72. The number of aryl methyl sites for hydroxylation is 1. The number of methoxy groups -OCH3 is 1. The SMILES string of the molecule is COc1ncc(Cl)c(NCc2nncn2C)n1. The van der Waals surface area contributed by atoms with E-state index in [1.165, 1.54) is 13.3 Å². The molecule has 0 aliphatic rings. The Balaban J connectivity index is 2.11. The van der Waals surface area contributed by atoms with Gasteiger partial charge < -0.3 is 14.6 Å². The van der Waals surface area contributed by atoms with E-state index in [0.29, 0.717) is 17.4 Å². The third-order valence-electron chi connectivity index (χ3n) is 2.12. The van der Waals surface area contributed by atoms with Gasteiger partial charge in [-0.3, -0.25) is 0 Å². The van der Waals surface area contributed by atoms with Crippen LogP contribution in [0.4, 0.5) is 5.82 Å². The van der Waals surface area contributed by atoms with E-state index >= 15 is 0 Å². The van der Waals surface area contributed by atoms with Crippen molar-refractivity contribution in [2.45, 2.75) is 6.54 Å². The van der Waals surface area contributed by atoms with Crippen LogP contribution in [0, 0.1) is 0 Å². The van der Waals surface area contributed by atoms with Gasteiger partial charge in [0.15, 0.2) is 11.6 Å². The Kier molecular flexibility index (Phi) is 3.38.